The number of unbranched alkanes of at least 4 members (excludes halogenated alkanes) is 3. The van der Waals surface area contributed by atoms with Gasteiger partial charge in [0.25, 0.3) is 0 Å². The number of rotatable bonds is 3. The summed E-state index contributed by atoms with van der Waals surface area (Å²) in [4.78, 5) is 0. The molecule has 0 rings (SSSR count). The zero-order chi connectivity index (χ0) is 4.83. The summed E-state index contributed by atoms with van der Waals surface area (Å²) in [5.74, 6) is 0. The van der Waals surface area contributed by atoms with Crippen LogP contribution < -0.4 is 37.7 Å². The molecule has 0 saturated carbocycles. The van der Waals surface area contributed by atoms with Gasteiger partial charge in [0, 0.05) is 0 Å². The number of hydrogen-bond acceptors (Lipinski definition) is 0. The Balaban J connectivity index is -0.0000000417. The molecule has 0 aromatic carbocycles. The second-order valence-electron chi connectivity index (χ2n) is 1.56. The standard InChI is InChI=1S/C6H13.CH3.2Li/c1-3-5-6-4-2;;;/h1,3-6H2,2H3;1H3;;/q2*-1;2*+1. The third-order valence-electron chi connectivity index (χ3n) is 0.854. The molecule has 0 radical (unpaired) electrons. The first-order valence-electron chi connectivity index (χ1n) is 2.71. The first-order valence-corrected chi connectivity index (χ1v) is 2.71. The van der Waals surface area contributed by atoms with E-state index >= 15 is 0 Å². The van der Waals surface area contributed by atoms with Crippen LogP contribution in [0.4, 0.5) is 0 Å². The second-order valence-corrected chi connectivity index (χ2v) is 1.56. The molecule has 0 aromatic rings. The summed E-state index contributed by atoms with van der Waals surface area (Å²) < 4.78 is 0. The van der Waals surface area contributed by atoms with Gasteiger partial charge in [0.15, 0.2) is 0 Å². The predicted molar refractivity (Wildman–Crippen MR) is 35.9 cm³/mol. The van der Waals surface area contributed by atoms with Gasteiger partial charge >= 0.3 is 37.7 Å². The van der Waals surface area contributed by atoms with Crippen LogP contribution in [0, 0.1) is 14.4 Å². The largest absolute Gasteiger partial charge is 1.00 e. The first-order chi connectivity index (χ1) is 2.91. The summed E-state index contributed by atoms with van der Waals surface area (Å²) in [5.41, 5.74) is 0. The minimum Gasteiger partial charge on any atom is -0.358 e. The summed E-state index contributed by atoms with van der Waals surface area (Å²) in [7, 11) is 0. The fourth-order valence-corrected chi connectivity index (χ4v) is 0.427. The molecule has 9 heavy (non-hydrogen) atoms. The zero-order valence-corrected chi connectivity index (χ0v) is 7.54. The van der Waals surface area contributed by atoms with Crippen LogP contribution in [0.25, 0.3) is 0 Å². The quantitative estimate of drug-likeness (QED) is 0.207. The van der Waals surface area contributed by atoms with Crippen molar-refractivity contribution in [2.75, 3.05) is 0 Å². The molecular weight excluding hydrogens is 98.0 g/mol. The van der Waals surface area contributed by atoms with E-state index in [1.165, 1.54) is 19.3 Å². The van der Waals surface area contributed by atoms with Gasteiger partial charge in [-0.3, -0.25) is 0 Å². The molecule has 0 aliphatic rings. The third kappa shape index (κ3) is 27.0. The van der Waals surface area contributed by atoms with Gasteiger partial charge in [-0.15, -0.1) is 0 Å². The van der Waals surface area contributed by atoms with Crippen molar-refractivity contribution in [1.82, 2.24) is 0 Å². The summed E-state index contributed by atoms with van der Waals surface area (Å²) in [6.45, 7) is 5.93. The van der Waals surface area contributed by atoms with E-state index in [0.717, 1.165) is 6.42 Å². The minimum absolute atomic E-state index is 0. The van der Waals surface area contributed by atoms with Crippen molar-refractivity contribution >= 4 is 0 Å². The van der Waals surface area contributed by atoms with Crippen LogP contribution in [-0.2, 0) is 0 Å². The van der Waals surface area contributed by atoms with Crippen molar-refractivity contribution in [2.24, 2.45) is 0 Å². The predicted octanol–water partition coefficient (Wildman–Crippen LogP) is -3.14. The van der Waals surface area contributed by atoms with Gasteiger partial charge in [0.1, 0.15) is 0 Å². The average Bonchev–Trinajstić information content (AvgIpc) is 1.61. The molecule has 2 heteroatoms. The topological polar surface area (TPSA) is 0 Å². The molecule has 0 N–H and O–H groups in total. The van der Waals surface area contributed by atoms with Gasteiger partial charge in [-0.05, 0) is 0 Å². The van der Waals surface area contributed by atoms with Crippen molar-refractivity contribution in [3.05, 3.63) is 14.4 Å². The number of hydrogen-bond donors (Lipinski definition) is 0. The Labute approximate surface area is 84.5 Å². The Morgan fingerprint density at radius 2 is 1.56 bits per heavy atom. The van der Waals surface area contributed by atoms with Crippen LogP contribution in [0.15, 0.2) is 0 Å². The van der Waals surface area contributed by atoms with E-state index in [-0.39, 0.29) is 45.1 Å². The molecule has 0 atom stereocenters. The van der Waals surface area contributed by atoms with Crippen molar-refractivity contribution in [2.45, 2.75) is 32.6 Å². The monoisotopic (exact) mass is 114 g/mol. The summed E-state index contributed by atoms with van der Waals surface area (Å²) >= 11 is 0. The maximum absolute atomic E-state index is 3.72. The van der Waals surface area contributed by atoms with Crippen LogP contribution in [-0.4, -0.2) is 0 Å². The molecule has 0 aromatic heterocycles. The summed E-state index contributed by atoms with van der Waals surface area (Å²) in [6, 6.07) is 0. The Morgan fingerprint density at radius 1 is 1.11 bits per heavy atom. The van der Waals surface area contributed by atoms with Crippen LogP contribution >= 0.6 is 0 Å². The van der Waals surface area contributed by atoms with Gasteiger partial charge in [-0.1, -0.05) is 26.2 Å². The van der Waals surface area contributed by atoms with Crippen molar-refractivity contribution in [3.63, 3.8) is 0 Å². The molecule has 0 heterocycles. The molecule has 0 fully saturated rings. The van der Waals surface area contributed by atoms with Crippen LogP contribution in [0.5, 0.6) is 0 Å². The fraction of sp³-hybridized carbons (Fsp3) is 0.714. The van der Waals surface area contributed by atoms with Gasteiger partial charge in [0.05, 0.1) is 0 Å². The van der Waals surface area contributed by atoms with E-state index in [1.807, 2.05) is 0 Å². The van der Waals surface area contributed by atoms with E-state index in [9.17, 15) is 0 Å². The second kappa shape index (κ2) is 22.9. The van der Waals surface area contributed by atoms with E-state index in [2.05, 4.69) is 13.8 Å². The van der Waals surface area contributed by atoms with Crippen molar-refractivity contribution in [1.29, 1.82) is 0 Å². The molecule has 0 aliphatic heterocycles. The molecular formula is C7H16Li2. The molecule has 46 valence electrons. The average molecular weight is 114 g/mol. The first kappa shape index (κ1) is 22.5. The van der Waals surface area contributed by atoms with E-state index in [4.69, 9.17) is 0 Å². The SMILES string of the molecule is [CH2-]CCCCC.[CH3-].[Li+].[Li+]. The molecule has 0 nitrogen and oxygen atoms in total. The maximum Gasteiger partial charge on any atom is 1.00 e. The Kier molecular flexibility index (Phi) is 57.1. The maximum atomic E-state index is 3.72. The third-order valence-corrected chi connectivity index (χ3v) is 0.854. The summed E-state index contributed by atoms with van der Waals surface area (Å²) in [6.07, 6.45) is 5.07. The van der Waals surface area contributed by atoms with Gasteiger partial charge in [-0.2, -0.15) is 6.42 Å². The Hall–Kier alpha value is 1.19. The molecule has 0 saturated heterocycles. The normalized spacial score (nSPS) is 6.00. The van der Waals surface area contributed by atoms with Gasteiger partial charge < -0.3 is 14.4 Å². The van der Waals surface area contributed by atoms with Crippen molar-refractivity contribution < 1.29 is 37.7 Å². The smallest absolute Gasteiger partial charge is 0.358 e. The molecule has 0 unspecified atom stereocenters. The van der Waals surface area contributed by atoms with E-state index in [1.54, 1.807) is 0 Å². The molecule has 0 bridgehead atoms. The van der Waals surface area contributed by atoms with Crippen molar-refractivity contribution in [3.8, 4) is 0 Å². The molecule has 0 spiro atoms. The van der Waals surface area contributed by atoms with Gasteiger partial charge in [0.2, 0.25) is 0 Å². The Bertz CT molecular complexity index is 18.9. The molecule has 0 aliphatic carbocycles. The Morgan fingerprint density at radius 3 is 1.67 bits per heavy atom. The van der Waals surface area contributed by atoms with E-state index in [0.29, 0.717) is 0 Å². The zero-order valence-electron chi connectivity index (χ0n) is 7.54. The summed E-state index contributed by atoms with van der Waals surface area (Å²) in [5, 5.41) is 0. The minimum atomic E-state index is 0. The van der Waals surface area contributed by atoms with E-state index < -0.39 is 0 Å². The molecule has 0 amide bonds. The van der Waals surface area contributed by atoms with Gasteiger partial charge in [-0.25, -0.2) is 0 Å². The van der Waals surface area contributed by atoms with Crippen LogP contribution in [0.1, 0.15) is 32.6 Å². The van der Waals surface area contributed by atoms with Crippen LogP contribution in [0.3, 0.4) is 0 Å². The van der Waals surface area contributed by atoms with Crippen LogP contribution in [0.2, 0.25) is 0 Å². The fourth-order valence-electron chi connectivity index (χ4n) is 0.427.